The van der Waals surface area contributed by atoms with Crippen LogP contribution in [0.4, 0.5) is 4.39 Å². The van der Waals surface area contributed by atoms with Crippen molar-refractivity contribution < 1.29 is 4.39 Å². The maximum absolute atomic E-state index is 13.2. The highest BCUT2D eigenvalue weighted by Crippen LogP contribution is 2.38. The molecule has 3 aromatic rings. The molecule has 4 heteroatoms. The summed E-state index contributed by atoms with van der Waals surface area (Å²) in [7, 11) is 0. The summed E-state index contributed by atoms with van der Waals surface area (Å²) in [6, 6.07) is 10.4. The molecule has 3 rings (SSSR count). The summed E-state index contributed by atoms with van der Waals surface area (Å²) in [5, 5.41) is 10.1. The Bertz CT molecular complexity index is 757. The highest BCUT2D eigenvalue weighted by Gasteiger charge is 2.13. The van der Waals surface area contributed by atoms with E-state index in [2.05, 4.69) is 11.1 Å². The third-order valence-corrected chi connectivity index (χ3v) is 3.89. The van der Waals surface area contributed by atoms with Crippen molar-refractivity contribution in [3.05, 3.63) is 54.1 Å². The van der Waals surface area contributed by atoms with Crippen LogP contribution in [0.25, 0.3) is 20.5 Å². The van der Waals surface area contributed by atoms with Crippen LogP contribution < -0.4 is 0 Å². The van der Waals surface area contributed by atoms with Gasteiger partial charge in [-0.2, -0.15) is 5.26 Å². The van der Waals surface area contributed by atoms with Crippen molar-refractivity contribution >= 4 is 21.4 Å². The first-order chi connectivity index (χ1) is 8.79. The van der Waals surface area contributed by atoms with E-state index < -0.39 is 0 Å². The Morgan fingerprint density at radius 3 is 2.89 bits per heavy atom. The number of hydrogen-bond donors (Lipinski definition) is 0. The van der Waals surface area contributed by atoms with Crippen LogP contribution in [-0.2, 0) is 0 Å². The van der Waals surface area contributed by atoms with Crippen LogP contribution in [0.15, 0.2) is 42.7 Å². The third-order valence-electron chi connectivity index (χ3n) is 2.69. The second kappa shape index (κ2) is 4.21. The summed E-state index contributed by atoms with van der Waals surface area (Å²) in [4.78, 5) is 4.89. The molecule has 0 aliphatic rings. The maximum Gasteiger partial charge on any atom is 0.124 e. The first-order valence-electron chi connectivity index (χ1n) is 5.32. The molecule has 18 heavy (non-hydrogen) atoms. The molecule has 0 amide bonds. The van der Waals surface area contributed by atoms with Crippen molar-refractivity contribution in [1.29, 1.82) is 5.26 Å². The van der Waals surface area contributed by atoms with E-state index in [4.69, 9.17) is 0 Å². The van der Waals surface area contributed by atoms with Crippen molar-refractivity contribution in [3.63, 3.8) is 0 Å². The molecule has 0 saturated carbocycles. The van der Waals surface area contributed by atoms with E-state index in [1.165, 1.54) is 23.5 Å². The molecule has 86 valence electrons. The number of halogens is 1. The van der Waals surface area contributed by atoms with Crippen LogP contribution >= 0.6 is 11.3 Å². The van der Waals surface area contributed by atoms with Gasteiger partial charge in [0.25, 0.3) is 0 Å². The van der Waals surface area contributed by atoms with Gasteiger partial charge in [-0.25, -0.2) is 4.39 Å². The Kier molecular flexibility index (Phi) is 2.54. The quantitative estimate of drug-likeness (QED) is 0.658. The van der Waals surface area contributed by atoms with Gasteiger partial charge in [0, 0.05) is 28.0 Å². The Labute approximate surface area is 107 Å². The molecule has 0 N–H and O–H groups in total. The predicted octanol–water partition coefficient (Wildman–Crippen LogP) is 3.97. The molecule has 0 fully saturated rings. The van der Waals surface area contributed by atoms with Gasteiger partial charge in [0.15, 0.2) is 0 Å². The van der Waals surface area contributed by atoms with Gasteiger partial charge < -0.3 is 0 Å². The zero-order valence-electron chi connectivity index (χ0n) is 9.22. The summed E-state index contributed by atoms with van der Waals surface area (Å²) < 4.78 is 14.0. The molecule has 0 bridgehead atoms. The number of nitrogens with zero attached hydrogens (tertiary/aromatic N) is 2. The molecule has 2 nitrogen and oxygen atoms in total. The van der Waals surface area contributed by atoms with Crippen molar-refractivity contribution in [1.82, 2.24) is 4.98 Å². The molecule has 2 aromatic heterocycles. The van der Waals surface area contributed by atoms with Gasteiger partial charge in [0.1, 0.15) is 11.9 Å². The van der Waals surface area contributed by atoms with Gasteiger partial charge in [0.2, 0.25) is 0 Å². The molecule has 0 aliphatic heterocycles. The highest BCUT2D eigenvalue weighted by atomic mass is 32.1. The zero-order chi connectivity index (χ0) is 12.5. The lowest BCUT2D eigenvalue weighted by Crippen LogP contribution is -1.79. The van der Waals surface area contributed by atoms with Crippen molar-refractivity contribution in [2.45, 2.75) is 0 Å². The monoisotopic (exact) mass is 254 g/mol. The van der Waals surface area contributed by atoms with Crippen molar-refractivity contribution in [3.8, 4) is 16.5 Å². The van der Waals surface area contributed by atoms with Crippen LogP contribution in [0.3, 0.4) is 0 Å². The fourth-order valence-corrected chi connectivity index (χ4v) is 3.05. The standard InChI is InChI=1S/C14H7FN2S/c15-10-3-4-11-12(7-16)14(18-13(11)6-10)9-2-1-5-17-8-9/h1-6,8H. The van der Waals surface area contributed by atoms with Gasteiger partial charge in [-0.1, -0.05) is 6.07 Å². The SMILES string of the molecule is N#Cc1c(-c2cccnc2)sc2cc(F)ccc12. The maximum atomic E-state index is 13.2. The summed E-state index contributed by atoms with van der Waals surface area (Å²) in [5.41, 5.74) is 1.47. The second-order valence-electron chi connectivity index (χ2n) is 3.80. The Morgan fingerprint density at radius 1 is 1.28 bits per heavy atom. The number of thiophene rings is 1. The van der Waals surface area contributed by atoms with E-state index in [1.54, 1.807) is 18.5 Å². The van der Waals surface area contributed by atoms with Crippen molar-refractivity contribution in [2.75, 3.05) is 0 Å². The third kappa shape index (κ3) is 1.66. The lowest BCUT2D eigenvalue weighted by molar-refractivity contribution is 0.630. The smallest absolute Gasteiger partial charge is 0.124 e. The van der Waals surface area contributed by atoms with E-state index >= 15 is 0 Å². The molecule has 0 spiro atoms. The average molecular weight is 254 g/mol. The lowest BCUT2D eigenvalue weighted by Gasteiger charge is -1.96. The molecule has 1 aromatic carbocycles. The van der Waals surface area contributed by atoms with Crippen LogP contribution in [-0.4, -0.2) is 4.98 Å². The van der Waals surface area contributed by atoms with Gasteiger partial charge in [-0.3, -0.25) is 4.98 Å². The number of aromatic nitrogens is 1. The Balaban J connectivity index is 2.34. The predicted molar refractivity (Wildman–Crippen MR) is 69.7 cm³/mol. The van der Waals surface area contributed by atoms with Crippen LogP contribution in [0.2, 0.25) is 0 Å². The normalized spacial score (nSPS) is 10.4. The van der Waals surface area contributed by atoms with Gasteiger partial charge >= 0.3 is 0 Å². The minimum atomic E-state index is -0.286. The largest absolute Gasteiger partial charge is 0.264 e. The first-order valence-corrected chi connectivity index (χ1v) is 6.14. The topological polar surface area (TPSA) is 36.7 Å². The zero-order valence-corrected chi connectivity index (χ0v) is 10.0. The summed E-state index contributed by atoms with van der Waals surface area (Å²) in [5.74, 6) is -0.286. The number of fused-ring (bicyclic) bond motifs is 1. The molecule has 0 saturated heterocycles. The fourth-order valence-electron chi connectivity index (χ4n) is 1.88. The van der Waals surface area contributed by atoms with E-state index in [-0.39, 0.29) is 5.82 Å². The van der Waals surface area contributed by atoms with E-state index in [0.29, 0.717) is 5.56 Å². The Hall–Kier alpha value is -2.25. The molecule has 0 radical (unpaired) electrons. The minimum absolute atomic E-state index is 0.286. The van der Waals surface area contributed by atoms with Crippen molar-refractivity contribution in [2.24, 2.45) is 0 Å². The van der Waals surface area contributed by atoms with E-state index in [0.717, 1.165) is 20.5 Å². The second-order valence-corrected chi connectivity index (χ2v) is 4.85. The molecule has 2 heterocycles. The first kappa shape index (κ1) is 10.9. The van der Waals surface area contributed by atoms with E-state index in [1.807, 2.05) is 12.1 Å². The minimum Gasteiger partial charge on any atom is -0.264 e. The molecule has 0 atom stereocenters. The Morgan fingerprint density at radius 2 is 2.17 bits per heavy atom. The number of nitriles is 1. The highest BCUT2D eigenvalue weighted by molar-refractivity contribution is 7.22. The average Bonchev–Trinajstić information content (AvgIpc) is 2.77. The number of benzene rings is 1. The van der Waals surface area contributed by atoms with Gasteiger partial charge in [-0.05, 0) is 24.3 Å². The molecular formula is C14H7FN2S. The van der Waals surface area contributed by atoms with Gasteiger partial charge in [0.05, 0.1) is 10.4 Å². The van der Waals surface area contributed by atoms with Gasteiger partial charge in [-0.15, -0.1) is 11.3 Å². The van der Waals surface area contributed by atoms with Crippen LogP contribution in [0, 0.1) is 17.1 Å². The number of rotatable bonds is 1. The lowest BCUT2D eigenvalue weighted by atomic mass is 10.1. The van der Waals surface area contributed by atoms with Crippen LogP contribution in [0.5, 0.6) is 0 Å². The summed E-state index contributed by atoms with van der Waals surface area (Å²) in [6.07, 6.45) is 3.39. The molecular weight excluding hydrogens is 247 g/mol. The number of hydrogen-bond acceptors (Lipinski definition) is 3. The summed E-state index contributed by atoms with van der Waals surface area (Å²) >= 11 is 1.41. The summed E-state index contributed by atoms with van der Waals surface area (Å²) in [6.45, 7) is 0. The number of pyridine rings is 1. The molecule has 0 unspecified atom stereocenters. The fraction of sp³-hybridized carbons (Fsp3) is 0. The van der Waals surface area contributed by atoms with Crippen LogP contribution in [0.1, 0.15) is 5.56 Å². The van der Waals surface area contributed by atoms with E-state index in [9.17, 15) is 9.65 Å². The molecule has 0 aliphatic carbocycles.